The zero-order valence-corrected chi connectivity index (χ0v) is 47.5. The first-order valence-electron chi connectivity index (χ1n) is 28.7. The van der Waals surface area contributed by atoms with Crippen molar-refractivity contribution >= 4 is 39.6 Å². The minimum absolute atomic E-state index is 0.118. The number of hydrogen-bond donors (Lipinski definition) is 1. The minimum atomic E-state index is -3.94. The number of carbonyl (C=O) groups is 4. The summed E-state index contributed by atoms with van der Waals surface area (Å²) in [5.74, 6) is -2.79. The van der Waals surface area contributed by atoms with E-state index in [0.717, 1.165) is 46.0 Å². The lowest BCUT2D eigenvalue weighted by Gasteiger charge is -2.44. The molecule has 1 aromatic carbocycles. The van der Waals surface area contributed by atoms with Gasteiger partial charge in [-0.15, -0.1) is 0 Å². The Balaban J connectivity index is 2.07. The van der Waals surface area contributed by atoms with Crippen molar-refractivity contribution in [1.29, 1.82) is 0 Å². The van der Waals surface area contributed by atoms with Gasteiger partial charge in [-0.1, -0.05) is 168 Å². The van der Waals surface area contributed by atoms with Gasteiger partial charge in [0.15, 0.2) is 24.6 Å². The molecule has 0 spiro atoms. The highest BCUT2D eigenvalue weighted by atomic mass is 32.2. The summed E-state index contributed by atoms with van der Waals surface area (Å²) in [6, 6.07) is 6.26. The molecule has 1 aromatic rings. The Morgan fingerprint density at radius 3 is 1.47 bits per heavy atom. The van der Waals surface area contributed by atoms with E-state index in [2.05, 4.69) is 13.8 Å². The lowest BCUT2D eigenvalue weighted by atomic mass is 9.98. The van der Waals surface area contributed by atoms with Crippen molar-refractivity contribution < 1.29 is 65.5 Å². The van der Waals surface area contributed by atoms with Crippen LogP contribution in [0.25, 0.3) is 0 Å². The first-order valence-corrected chi connectivity index (χ1v) is 30.1. The zero-order valence-electron chi connectivity index (χ0n) is 46.7. The molecular formula is C57H100N2O14S. The second-order valence-electron chi connectivity index (χ2n) is 20.1. The van der Waals surface area contributed by atoms with Crippen LogP contribution in [0.3, 0.4) is 0 Å². The molecule has 0 radical (unpaired) electrons. The Kier molecular flexibility index (Phi) is 37.7. The Hall–Kier alpha value is -3.35. The molecule has 2 rings (SSSR count). The molecule has 17 heteroatoms. The molecule has 1 unspecified atom stereocenters. The van der Waals surface area contributed by atoms with Gasteiger partial charge in [-0.05, 0) is 49.9 Å². The molecule has 16 nitrogen and oxygen atoms in total. The monoisotopic (exact) mass is 1070 g/mol. The molecule has 1 fully saturated rings. The third-order valence-electron chi connectivity index (χ3n) is 13.3. The van der Waals surface area contributed by atoms with Crippen LogP contribution in [0.4, 0.5) is 5.69 Å². The van der Waals surface area contributed by atoms with Crippen molar-refractivity contribution in [2.45, 2.75) is 263 Å². The van der Waals surface area contributed by atoms with Crippen LogP contribution >= 0.6 is 0 Å². The minimum Gasteiger partial charge on any atom is -0.463 e. The van der Waals surface area contributed by atoms with Gasteiger partial charge in [0.05, 0.1) is 17.6 Å². The maximum Gasteiger partial charge on any atom is 0.303 e. The smallest absolute Gasteiger partial charge is 0.303 e. The van der Waals surface area contributed by atoms with Crippen LogP contribution in [-0.2, 0) is 67.1 Å². The molecule has 0 bridgehead atoms. The van der Waals surface area contributed by atoms with E-state index < -0.39 is 70.7 Å². The molecular weight excluding hydrogens is 969 g/mol. The highest BCUT2D eigenvalue weighted by Crippen LogP contribution is 2.30. The summed E-state index contributed by atoms with van der Waals surface area (Å²) in [7, 11) is -3.94. The molecule has 0 saturated carbocycles. The highest BCUT2D eigenvalue weighted by Gasteiger charge is 2.52. The predicted molar refractivity (Wildman–Crippen MR) is 289 cm³/mol. The van der Waals surface area contributed by atoms with Gasteiger partial charge >= 0.3 is 23.9 Å². The van der Waals surface area contributed by atoms with Crippen molar-refractivity contribution in [1.82, 2.24) is 4.31 Å². The molecule has 428 valence electrons. The molecule has 1 aliphatic rings. The van der Waals surface area contributed by atoms with E-state index in [-0.39, 0.29) is 31.2 Å². The van der Waals surface area contributed by atoms with E-state index in [9.17, 15) is 27.6 Å². The average molecular weight is 1070 g/mol. The summed E-state index contributed by atoms with van der Waals surface area (Å²) in [5, 5.41) is 0. The van der Waals surface area contributed by atoms with Crippen LogP contribution in [-0.4, -0.2) is 120 Å². The predicted octanol–water partition coefficient (Wildman–Crippen LogP) is 11.7. The SMILES string of the molecule is CCCCCCCCCCCCCCOCC(CN(CCCCCCO[C@@H]1O[C@H](COC(C)=O)[C@H](OC(C)=O)[C@H](OC(C)=O)[C@H]1OC(C)=O)S(=O)(=O)c1ccc(N)cc1)OCCCCCCCCCCCCCC. The first kappa shape index (κ1) is 66.8. The standard InChI is InChI=1S/C57H100N2O14S/c1-7-9-11-13-15-17-19-21-23-25-28-32-40-66-44-51(67-41-33-29-26-24-22-20-18-16-14-12-10-8-2)43-59(74(64,65)52-37-35-50(58)36-38-52)39-31-27-30-34-42-68-57-56(72-49(6)63)55(71-48(5)62)54(70-47(4)61)53(73-57)45-69-46(3)60/h35-38,51,53-57H,7-34,39-45,58H2,1-6H3/t51?,53-,54+,55+,56-,57-/m1/s1. The van der Waals surface area contributed by atoms with E-state index in [4.69, 9.17) is 43.6 Å². The average Bonchev–Trinajstić information content (AvgIpc) is 3.35. The Labute approximate surface area is 446 Å². The fourth-order valence-corrected chi connectivity index (χ4v) is 10.7. The molecule has 0 amide bonds. The number of sulfonamides is 1. The molecule has 74 heavy (non-hydrogen) atoms. The number of benzene rings is 1. The van der Waals surface area contributed by atoms with E-state index >= 15 is 0 Å². The van der Waals surface area contributed by atoms with Crippen molar-refractivity contribution in [2.75, 3.05) is 51.9 Å². The van der Waals surface area contributed by atoms with Crippen LogP contribution in [0, 0.1) is 0 Å². The Morgan fingerprint density at radius 1 is 0.554 bits per heavy atom. The molecule has 2 N–H and O–H groups in total. The van der Waals surface area contributed by atoms with Gasteiger partial charge in [-0.2, -0.15) is 4.31 Å². The van der Waals surface area contributed by atoms with Crippen LogP contribution in [0.15, 0.2) is 29.2 Å². The Morgan fingerprint density at radius 2 is 0.986 bits per heavy atom. The summed E-state index contributed by atoms with van der Waals surface area (Å²) in [4.78, 5) is 48.5. The summed E-state index contributed by atoms with van der Waals surface area (Å²) in [6.45, 7) is 10.8. The van der Waals surface area contributed by atoms with Crippen molar-refractivity contribution in [2.24, 2.45) is 0 Å². The maximum absolute atomic E-state index is 14.3. The first-order chi connectivity index (χ1) is 35.7. The third kappa shape index (κ3) is 31.0. The Bertz CT molecular complexity index is 1730. The second-order valence-corrected chi connectivity index (χ2v) is 22.1. The van der Waals surface area contributed by atoms with E-state index in [1.54, 1.807) is 12.1 Å². The lowest BCUT2D eigenvalue weighted by molar-refractivity contribution is -0.308. The van der Waals surface area contributed by atoms with Gasteiger partial charge in [-0.25, -0.2) is 8.42 Å². The number of carbonyl (C=O) groups excluding carboxylic acids is 4. The summed E-state index contributed by atoms with van der Waals surface area (Å²) >= 11 is 0. The van der Waals surface area contributed by atoms with Crippen LogP contribution in [0.1, 0.15) is 221 Å². The molecule has 1 saturated heterocycles. The van der Waals surface area contributed by atoms with Crippen molar-refractivity contribution in [3.05, 3.63) is 24.3 Å². The van der Waals surface area contributed by atoms with Gasteiger partial charge in [0.2, 0.25) is 10.0 Å². The molecule has 1 aliphatic heterocycles. The molecule has 6 atom stereocenters. The number of nitrogens with two attached hydrogens (primary N) is 1. The van der Waals surface area contributed by atoms with Gasteiger partial charge in [0.1, 0.15) is 12.7 Å². The molecule has 0 aromatic heterocycles. The number of esters is 4. The normalized spacial score (nSPS) is 18.3. The van der Waals surface area contributed by atoms with Crippen LogP contribution in [0.2, 0.25) is 0 Å². The van der Waals surface area contributed by atoms with Gasteiger partial charge in [0, 0.05) is 66.3 Å². The van der Waals surface area contributed by atoms with Gasteiger partial charge in [0.25, 0.3) is 0 Å². The number of unbranched alkanes of at least 4 members (excludes halogenated alkanes) is 25. The van der Waals surface area contributed by atoms with E-state index in [0.29, 0.717) is 51.2 Å². The number of anilines is 1. The number of hydrogen-bond acceptors (Lipinski definition) is 15. The second kappa shape index (κ2) is 41.8. The molecule has 0 aliphatic carbocycles. The van der Waals surface area contributed by atoms with Crippen LogP contribution < -0.4 is 5.73 Å². The number of nitrogen functional groups attached to an aromatic ring is 1. The van der Waals surface area contributed by atoms with E-state index in [1.807, 2.05) is 0 Å². The fraction of sp³-hybridized carbons (Fsp3) is 0.825. The number of rotatable bonds is 46. The summed E-state index contributed by atoms with van der Waals surface area (Å²) < 4.78 is 76.7. The summed E-state index contributed by atoms with van der Waals surface area (Å²) in [6.07, 6.45) is 25.5. The number of nitrogens with zero attached hydrogens (tertiary/aromatic N) is 1. The van der Waals surface area contributed by atoms with Gasteiger partial charge in [-0.3, -0.25) is 19.2 Å². The highest BCUT2D eigenvalue weighted by molar-refractivity contribution is 7.89. The van der Waals surface area contributed by atoms with Crippen LogP contribution in [0.5, 0.6) is 0 Å². The van der Waals surface area contributed by atoms with Crippen molar-refractivity contribution in [3.63, 3.8) is 0 Å². The maximum atomic E-state index is 14.3. The largest absolute Gasteiger partial charge is 0.463 e. The summed E-state index contributed by atoms with van der Waals surface area (Å²) in [5.41, 5.74) is 6.43. The quantitative estimate of drug-likeness (QED) is 0.0279. The third-order valence-corrected chi connectivity index (χ3v) is 15.1. The van der Waals surface area contributed by atoms with Crippen molar-refractivity contribution in [3.8, 4) is 0 Å². The lowest BCUT2D eigenvalue weighted by Crippen LogP contribution is -2.63. The topological polar surface area (TPSA) is 206 Å². The fourth-order valence-electron chi connectivity index (χ4n) is 9.20. The zero-order chi connectivity index (χ0) is 54.2. The van der Waals surface area contributed by atoms with Gasteiger partial charge < -0.3 is 43.6 Å². The van der Waals surface area contributed by atoms with E-state index in [1.165, 1.54) is 152 Å². The number of ether oxygens (including phenoxy) is 8. The molecule has 1 heterocycles.